The predicted molar refractivity (Wildman–Crippen MR) is 137 cm³/mol. The molecule has 0 aliphatic heterocycles. The summed E-state index contributed by atoms with van der Waals surface area (Å²) in [6.07, 6.45) is 2.23. The van der Waals surface area contributed by atoms with E-state index in [9.17, 15) is 0 Å². The van der Waals surface area contributed by atoms with Crippen LogP contribution in [0.4, 0.5) is 0 Å². The maximum absolute atomic E-state index is 2.89. The van der Waals surface area contributed by atoms with Gasteiger partial charge < -0.3 is 12.4 Å². The van der Waals surface area contributed by atoms with Gasteiger partial charge in [0.25, 0.3) is 0 Å². The molecule has 0 aliphatic rings. The van der Waals surface area contributed by atoms with Gasteiger partial charge in [0.2, 0.25) is 0 Å². The van der Waals surface area contributed by atoms with Crippen molar-refractivity contribution in [3.8, 4) is 0 Å². The molecule has 0 saturated heterocycles. The minimum atomic E-state index is 0. The first-order valence-corrected chi connectivity index (χ1v) is 11.0. The summed E-state index contributed by atoms with van der Waals surface area (Å²) in [5.74, 6) is 0. The van der Waals surface area contributed by atoms with Crippen LogP contribution in [0.3, 0.4) is 0 Å². The van der Waals surface area contributed by atoms with Crippen LogP contribution < -0.4 is 12.4 Å². The molecule has 0 aromatic heterocycles. The fourth-order valence-electron chi connectivity index (χ4n) is 3.69. The number of halogens is 1. The van der Waals surface area contributed by atoms with Gasteiger partial charge in [0.15, 0.2) is 0 Å². The molecule has 0 radical (unpaired) electrons. The second kappa shape index (κ2) is 15.2. The molecule has 0 N–H and O–H groups in total. The Morgan fingerprint density at radius 3 is 1.18 bits per heavy atom. The molecule has 0 saturated carbocycles. The minimum absolute atomic E-state index is 0. The van der Waals surface area contributed by atoms with Crippen LogP contribution in [0.1, 0.15) is 11.1 Å². The normalized spacial score (nSPS) is 9.53. The number of hydrogen-bond acceptors (Lipinski definition) is 0. The Hall–Kier alpha value is -2.73. The first kappa shape index (κ1) is 27.5. The van der Waals surface area contributed by atoms with E-state index in [1.807, 2.05) is 60.7 Å². The Balaban J connectivity index is 0.000000242. The van der Waals surface area contributed by atoms with Gasteiger partial charge in [0.05, 0.1) is 0 Å². The molecule has 0 nitrogen and oxygen atoms in total. The van der Waals surface area contributed by atoms with E-state index >= 15 is 0 Å². The average molecular weight is 537 g/mol. The van der Waals surface area contributed by atoms with E-state index < -0.39 is 0 Å². The summed E-state index contributed by atoms with van der Waals surface area (Å²) in [4.78, 5) is 0. The molecular formula is C32H26ClZr-5. The van der Waals surface area contributed by atoms with Crippen molar-refractivity contribution in [3.05, 3.63) is 157 Å². The van der Waals surface area contributed by atoms with Crippen LogP contribution in [0.15, 0.2) is 133 Å². The summed E-state index contributed by atoms with van der Waals surface area (Å²) in [5, 5.41) is 5.43. The molecule has 6 aromatic carbocycles. The molecular weight excluding hydrogens is 511 g/mol. The zero-order valence-electron chi connectivity index (χ0n) is 19.0. The zero-order valence-corrected chi connectivity index (χ0v) is 22.2. The third kappa shape index (κ3) is 8.56. The van der Waals surface area contributed by atoms with Gasteiger partial charge in [-0.25, -0.2) is 0 Å². The molecule has 0 amide bonds. The van der Waals surface area contributed by atoms with Crippen molar-refractivity contribution in [2.24, 2.45) is 0 Å². The van der Waals surface area contributed by atoms with Gasteiger partial charge in [-0.1, -0.05) is 12.1 Å². The Kier molecular flexibility index (Phi) is 12.3. The van der Waals surface area contributed by atoms with Crippen molar-refractivity contribution in [2.75, 3.05) is 0 Å². The Morgan fingerprint density at radius 1 is 0.500 bits per heavy atom. The van der Waals surface area contributed by atoms with E-state index in [-0.39, 0.29) is 38.6 Å². The van der Waals surface area contributed by atoms with E-state index in [1.165, 1.54) is 32.7 Å². The molecule has 0 spiro atoms. The standard InChI is InChI=1S/C20H16.2C6H5.ClH.Zr/c1-2-6-18-12-15(11-17(18)5-1)9-10-16-13-19-7-3-4-8-20(19)14-16;2*1-2-4-6-5-3-1;;/h1-8,11-14H,9-10H2;2*1-5H;1H;/q-2;2*-1;;/p-1. The number of hydrogen-bond donors (Lipinski definition) is 0. The van der Waals surface area contributed by atoms with Crippen molar-refractivity contribution in [1.29, 1.82) is 0 Å². The third-order valence-corrected chi connectivity index (χ3v) is 5.27. The molecule has 6 rings (SSSR count). The first-order chi connectivity index (χ1) is 15.9. The quantitative estimate of drug-likeness (QED) is 0.273. The predicted octanol–water partition coefficient (Wildman–Crippen LogP) is 5.19. The van der Waals surface area contributed by atoms with E-state index in [2.05, 4.69) is 84.9 Å². The smallest absolute Gasteiger partial charge is 0 e. The van der Waals surface area contributed by atoms with Crippen LogP contribution in [0.5, 0.6) is 0 Å². The van der Waals surface area contributed by atoms with E-state index in [1.54, 1.807) is 0 Å². The van der Waals surface area contributed by atoms with Crippen LogP contribution in [0, 0.1) is 12.1 Å². The second-order valence-corrected chi connectivity index (χ2v) is 7.64. The van der Waals surface area contributed by atoms with Crippen molar-refractivity contribution >= 4 is 21.5 Å². The summed E-state index contributed by atoms with van der Waals surface area (Å²) < 4.78 is 0. The molecule has 0 unspecified atom stereocenters. The van der Waals surface area contributed by atoms with Crippen LogP contribution >= 0.6 is 0 Å². The summed E-state index contributed by atoms with van der Waals surface area (Å²) in [6.45, 7) is 0. The van der Waals surface area contributed by atoms with Crippen LogP contribution in [-0.4, -0.2) is 0 Å². The van der Waals surface area contributed by atoms with Crippen molar-refractivity contribution in [2.45, 2.75) is 12.8 Å². The fraction of sp³-hybridized carbons (Fsp3) is 0.0625. The van der Waals surface area contributed by atoms with Crippen LogP contribution in [0.2, 0.25) is 0 Å². The van der Waals surface area contributed by atoms with Crippen LogP contribution in [0.25, 0.3) is 21.5 Å². The topological polar surface area (TPSA) is 0 Å². The minimum Gasteiger partial charge on any atom is -1.00 e. The van der Waals surface area contributed by atoms with Gasteiger partial charge in [0, 0.05) is 26.2 Å². The maximum Gasteiger partial charge on any atom is 0 e. The number of rotatable bonds is 3. The fourth-order valence-corrected chi connectivity index (χ4v) is 3.69. The Morgan fingerprint density at radius 2 is 0.882 bits per heavy atom. The zero-order chi connectivity index (χ0) is 21.8. The van der Waals surface area contributed by atoms with Gasteiger partial charge in [-0.05, 0) is 12.8 Å². The van der Waals surface area contributed by atoms with Gasteiger partial charge in [-0.15, -0.1) is 81.2 Å². The largest absolute Gasteiger partial charge is 1.00 e. The van der Waals surface area contributed by atoms with E-state index in [0.717, 1.165) is 12.8 Å². The second-order valence-electron chi connectivity index (χ2n) is 7.64. The molecule has 170 valence electrons. The van der Waals surface area contributed by atoms with Gasteiger partial charge in [0.1, 0.15) is 0 Å². The molecule has 0 aliphatic carbocycles. The van der Waals surface area contributed by atoms with E-state index in [4.69, 9.17) is 0 Å². The molecule has 0 bridgehead atoms. The number of fused-ring (bicyclic) bond motifs is 2. The van der Waals surface area contributed by atoms with Crippen LogP contribution in [-0.2, 0) is 39.0 Å². The molecule has 0 heterocycles. The number of aryl methyl sites for hydroxylation is 2. The van der Waals surface area contributed by atoms with Crippen molar-refractivity contribution in [1.82, 2.24) is 0 Å². The number of benzene rings is 4. The average Bonchev–Trinajstić information content (AvgIpc) is 3.49. The molecule has 0 fully saturated rings. The molecule has 34 heavy (non-hydrogen) atoms. The molecule has 6 aromatic rings. The Bertz CT molecular complexity index is 1090. The van der Waals surface area contributed by atoms with Gasteiger partial charge in [-0.3, -0.25) is 0 Å². The van der Waals surface area contributed by atoms with Crippen molar-refractivity contribution in [3.63, 3.8) is 0 Å². The Labute approximate surface area is 228 Å². The summed E-state index contributed by atoms with van der Waals surface area (Å²) in [7, 11) is 0. The van der Waals surface area contributed by atoms with Crippen molar-refractivity contribution < 1.29 is 38.6 Å². The monoisotopic (exact) mass is 535 g/mol. The maximum atomic E-state index is 2.89. The first-order valence-electron chi connectivity index (χ1n) is 11.0. The molecule has 0 atom stereocenters. The van der Waals surface area contributed by atoms with E-state index in [0.29, 0.717) is 0 Å². The van der Waals surface area contributed by atoms with Gasteiger partial charge in [-0.2, -0.15) is 84.9 Å². The summed E-state index contributed by atoms with van der Waals surface area (Å²) in [5.41, 5.74) is 2.88. The van der Waals surface area contributed by atoms with Gasteiger partial charge >= 0.3 is 0 Å². The summed E-state index contributed by atoms with van der Waals surface area (Å²) >= 11 is 0. The SMILES string of the molecule is [Cl-].[Zr].[c-]1ccccc1.[c-]1ccccc1.c1ccc2[cH-]c(CCc3cc4ccccc4[cH-]3)cc2c1. The summed E-state index contributed by atoms with van der Waals surface area (Å²) in [6, 6.07) is 51.5. The molecule has 2 heteroatoms. The third-order valence-electron chi connectivity index (χ3n) is 5.27.